The minimum absolute atomic E-state index is 0.174. The summed E-state index contributed by atoms with van der Waals surface area (Å²) in [6, 6.07) is 0. The molecular weight excluding hydrogens is 190 g/mol. The topological polar surface area (TPSA) is 29.5 Å². The van der Waals surface area contributed by atoms with Gasteiger partial charge < -0.3 is 4.74 Å². The lowest BCUT2D eigenvalue weighted by molar-refractivity contribution is -0.144. The molecule has 0 spiro atoms. The molecule has 3 nitrogen and oxygen atoms in total. The van der Waals surface area contributed by atoms with Gasteiger partial charge in [0.25, 0.3) is 0 Å². The molecule has 0 fully saturated rings. The highest BCUT2D eigenvalue weighted by molar-refractivity contribution is 5.71. The summed E-state index contributed by atoms with van der Waals surface area (Å²) in [6.07, 6.45) is 5.50. The number of ether oxygens (including phenoxy) is 1. The predicted octanol–water partition coefficient (Wildman–Crippen LogP) is 2.00. The van der Waals surface area contributed by atoms with E-state index in [-0.39, 0.29) is 5.97 Å². The lowest BCUT2D eigenvalue weighted by Gasteiger charge is -2.17. The van der Waals surface area contributed by atoms with Crippen molar-refractivity contribution < 1.29 is 9.53 Å². The van der Waals surface area contributed by atoms with Crippen LogP contribution in [0, 0.1) is 0 Å². The van der Waals surface area contributed by atoms with Crippen LogP contribution in [0.1, 0.15) is 19.8 Å². The molecule has 0 aliphatic rings. The van der Waals surface area contributed by atoms with Crippen molar-refractivity contribution in [2.45, 2.75) is 19.8 Å². The standard InChI is InChI=1S/C12H21NO2/c1-4-7-10-15-12(14)11-13(8-5-2)9-6-3/h5-6H,2-4,7-11H2,1H3. The molecule has 0 aliphatic heterocycles. The second kappa shape index (κ2) is 9.46. The zero-order valence-corrected chi connectivity index (χ0v) is 9.58. The summed E-state index contributed by atoms with van der Waals surface area (Å²) >= 11 is 0. The van der Waals surface area contributed by atoms with Crippen LogP contribution in [0.25, 0.3) is 0 Å². The molecule has 0 atom stereocenters. The van der Waals surface area contributed by atoms with Gasteiger partial charge >= 0.3 is 5.97 Å². The second-order valence-corrected chi connectivity index (χ2v) is 3.35. The molecule has 0 aromatic rings. The highest BCUT2D eigenvalue weighted by atomic mass is 16.5. The molecule has 0 saturated carbocycles. The van der Waals surface area contributed by atoms with E-state index in [0.29, 0.717) is 26.2 Å². The van der Waals surface area contributed by atoms with Gasteiger partial charge in [-0.3, -0.25) is 9.69 Å². The average Bonchev–Trinajstić information content (AvgIpc) is 2.19. The molecule has 0 radical (unpaired) electrons. The maximum absolute atomic E-state index is 11.3. The van der Waals surface area contributed by atoms with Gasteiger partial charge in [0, 0.05) is 13.1 Å². The first-order valence-corrected chi connectivity index (χ1v) is 5.34. The monoisotopic (exact) mass is 211 g/mol. The molecule has 0 rings (SSSR count). The first-order chi connectivity index (χ1) is 7.24. The van der Waals surface area contributed by atoms with Gasteiger partial charge in [-0.2, -0.15) is 0 Å². The van der Waals surface area contributed by atoms with Crippen LogP contribution in [0.4, 0.5) is 0 Å². The number of hydrogen-bond acceptors (Lipinski definition) is 3. The molecule has 3 heteroatoms. The van der Waals surface area contributed by atoms with E-state index in [1.54, 1.807) is 12.2 Å². The molecule has 0 unspecified atom stereocenters. The van der Waals surface area contributed by atoms with Crippen LogP contribution in [0.2, 0.25) is 0 Å². The van der Waals surface area contributed by atoms with E-state index < -0.39 is 0 Å². The Hall–Kier alpha value is -1.09. The van der Waals surface area contributed by atoms with Gasteiger partial charge in [0.1, 0.15) is 0 Å². The Bertz CT molecular complexity index is 192. The van der Waals surface area contributed by atoms with Crippen LogP contribution in [-0.2, 0) is 9.53 Å². The molecular formula is C12H21NO2. The Morgan fingerprint density at radius 2 is 1.93 bits per heavy atom. The highest BCUT2D eigenvalue weighted by Crippen LogP contribution is 1.93. The number of carbonyl (C=O) groups excluding carboxylic acids is 1. The molecule has 15 heavy (non-hydrogen) atoms. The summed E-state index contributed by atoms with van der Waals surface area (Å²) in [6.45, 7) is 11.5. The Morgan fingerprint density at radius 1 is 1.33 bits per heavy atom. The zero-order chi connectivity index (χ0) is 11.5. The summed E-state index contributed by atoms with van der Waals surface area (Å²) in [5.41, 5.74) is 0. The number of carbonyl (C=O) groups is 1. The maximum Gasteiger partial charge on any atom is 0.320 e. The van der Waals surface area contributed by atoms with E-state index in [4.69, 9.17) is 4.74 Å². The largest absolute Gasteiger partial charge is 0.465 e. The van der Waals surface area contributed by atoms with Crippen molar-refractivity contribution in [2.75, 3.05) is 26.2 Å². The summed E-state index contributed by atoms with van der Waals surface area (Å²) in [4.78, 5) is 13.3. The Kier molecular flexibility index (Phi) is 8.78. The fourth-order valence-electron chi connectivity index (χ4n) is 1.13. The van der Waals surface area contributed by atoms with E-state index >= 15 is 0 Å². The third-order valence-corrected chi connectivity index (χ3v) is 1.89. The fourth-order valence-corrected chi connectivity index (χ4v) is 1.13. The minimum Gasteiger partial charge on any atom is -0.465 e. The number of hydrogen-bond donors (Lipinski definition) is 0. The average molecular weight is 211 g/mol. The van der Waals surface area contributed by atoms with Gasteiger partial charge in [-0.05, 0) is 6.42 Å². The van der Waals surface area contributed by atoms with E-state index in [2.05, 4.69) is 20.1 Å². The van der Waals surface area contributed by atoms with Gasteiger partial charge in [-0.25, -0.2) is 0 Å². The van der Waals surface area contributed by atoms with Crippen LogP contribution in [0.15, 0.2) is 25.3 Å². The molecule has 0 bridgehead atoms. The molecule has 0 heterocycles. The lowest BCUT2D eigenvalue weighted by atomic mass is 10.4. The highest BCUT2D eigenvalue weighted by Gasteiger charge is 2.08. The first kappa shape index (κ1) is 13.9. The zero-order valence-electron chi connectivity index (χ0n) is 9.58. The number of rotatable bonds is 9. The summed E-state index contributed by atoms with van der Waals surface area (Å²) in [7, 11) is 0. The van der Waals surface area contributed by atoms with Gasteiger partial charge in [0.15, 0.2) is 0 Å². The Morgan fingerprint density at radius 3 is 2.40 bits per heavy atom. The van der Waals surface area contributed by atoms with Crippen molar-refractivity contribution in [1.82, 2.24) is 4.90 Å². The summed E-state index contributed by atoms with van der Waals surface area (Å²) in [5, 5.41) is 0. The van der Waals surface area contributed by atoms with Crippen molar-refractivity contribution in [3.63, 3.8) is 0 Å². The van der Waals surface area contributed by atoms with Crippen molar-refractivity contribution in [2.24, 2.45) is 0 Å². The lowest BCUT2D eigenvalue weighted by Crippen LogP contribution is -2.31. The Balaban J connectivity index is 3.77. The number of nitrogens with zero attached hydrogens (tertiary/aromatic N) is 1. The summed E-state index contributed by atoms with van der Waals surface area (Å²) in [5.74, 6) is -0.174. The van der Waals surface area contributed by atoms with E-state index in [1.165, 1.54) is 0 Å². The number of unbranched alkanes of at least 4 members (excludes halogenated alkanes) is 1. The van der Waals surface area contributed by atoms with Crippen molar-refractivity contribution in [3.05, 3.63) is 25.3 Å². The fraction of sp³-hybridized carbons (Fsp3) is 0.583. The normalized spacial score (nSPS) is 10.0. The molecule has 0 aromatic heterocycles. The molecule has 0 aliphatic carbocycles. The van der Waals surface area contributed by atoms with E-state index in [9.17, 15) is 4.79 Å². The first-order valence-electron chi connectivity index (χ1n) is 5.34. The van der Waals surface area contributed by atoms with Crippen molar-refractivity contribution >= 4 is 5.97 Å². The third kappa shape index (κ3) is 7.94. The van der Waals surface area contributed by atoms with Crippen molar-refractivity contribution in [3.8, 4) is 0 Å². The van der Waals surface area contributed by atoms with Crippen LogP contribution in [-0.4, -0.2) is 37.1 Å². The van der Waals surface area contributed by atoms with Crippen LogP contribution < -0.4 is 0 Å². The van der Waals surface area contributed by atoms with Gasteiger partial charge in [-0.1, -0.05) is 25.5 Å². The van der Waals surface area contributed by atoms with E-state index in [0.717, 1.165) is 12.8 Å². The quantitative estimate of drug-likeness (QED) is 0.332. The molecule has 0 amide bonds. The second-order valence-electron chi connectivity index (χ2n) is 3.35. The van der Waals surface area contributed by atoms with Crippen LogP contribution in [0.3, 0.4) is 0 Å². The smallest absolute Gasteiger partial charge is 0.320 e. The predicted molar refractivity (Wildman–Crippen MR) is 62.7 cm³/mol. The third-order valence-electron chi connectivity index (χ3n) is 1.89. The maximum atomic E-state index is 11.3. The van der Waals surface area contributed by atoms with Crippen LogP contribution >= 0.6 is 0 Å². The SMILES string of the molecule is C=CCN(CC=C)CC(=O)OCCCC. The molecule has 86 valence electrons. The summed E-state index contributed by atoms with van der Waals surface area (Å²) < 4.78 is 5.06. The molecule has 0 N–H and O–H groups in total. The van der Waals surface area contributed by atoms with Gasteiger partial charge in [0.2, 0.25) is 0 Å². The van der Waals surface area contributed by atoms with E-state index in [1.807, 2.05) is 4.90 Å². The Labute approximate surface area is 92.4 Å². The van der Waals surface area contributed by atoms with Gasteiger partial charge in [0.05, 0.1) is 13.2 Å². The van der Waals surface area contributed by atoms with Crippen molar-refractivity contribution in [1.29, 1.82) is 0 Å². The minimum atomic E-state index is -0.174. The molecule has 0 saturated heterocycles. The van der Waals surface area contributed by atoms with Crippen LogP contribution in [0.5, 0.6) is 0 Å². The molecule has 0 aromatic carbocycles. The van der Waals surface area contributed by atoms with Gasteiger partial charge in [-0.15, -0.1) is 13.2 Å². The number of esters is 1.